The van der Waals surface area contributed by atoms with E-state index in [-0.39, 0.29) is 18.4 Å². The van der Waals surface area contributed by atoms with Crippen molar-refractivity contribution in [2.24, 2.45) is 0 Å². The Morgan fingerprint density at radius 3 is 2.64 bits per heavy atom. The van der Waals surface area contributed by atoms with Gasteiger partial charge in [0.15, 0.2) is 20.8 Å². The SMILES string of the molecule is CCS(=O)(=O)C1(c2cc(N3CCOC[C@@H]3C)nc(-c3ccc(NC(=S)NCCCO)cc3)n2)CCC1. The molecule has 3 N–H and O–H groups in total. The first-order valence-electron chi connectivity index (χ1n) is 12.5. The molecular weight excluding hydrogens is 498 g/mol. The molecule has 0 radical (unpaired) electrons. The van der Waals surface area contributed by atoms with Gasteiger partial charge in [-0.1, -0.05) is 6.92 Å². The number of benzene rings is 1. The molecule has 9 nitrogen and oxygen atoms in total. The van der Waals surface area contributed by atoms with Gasteiger partial charge in [0.25, 0.3) is 0 Å². The minimum Gasteiger partial charge on any atom is -0.396 e. The molecule has 11 heteroatoms. The Bertz CT molecular complexity index is 1170. The Kier molecular flexibility index (Phi) is 8.44. The van der Waals surface area contributed by atoms with E-state index >= 15 is 0 Å². The molecule has 2 fully saturated rings. The molecule has 1 aliphatic heterocycles. The van der Waals surface area contributed by atoms with E-state index in [0.29, 0.717) is 62.2 Å². The van der Waals surface area contributed by atoms with Gasteiger partial charge in [-0.3, -0.25) is 0 Å². The number of aliphatic hydroxyl groups is 1. The minimum atomic E-state index is -3.35. The molecular formula is C25H35N5O4S2. The maximum atomic E-state index is 13.2. The van der Waals surface area contributed by atoms with Crippen molar-refractivity contribution in [1.82, 2.24) is 15.3 Å². The van der Waals surface area contributed by atoms with E-state index in [4.69, 9.17) is 32.0 Å². The average Bonchev–Trinajstić information content (AvgIpc) is 2.84. The predicted octanol–water partition coefficient (Wildman–Crippen LogP) is 2.85. The maximum Gasteiger partial charge on any atom is 0.170 e. The summed E-state index contributed by atoms with van der Waals surface area (Å²) in [6, 6.07) is 9.61. The third-order valence-corrected chi connectivity index (χ3v) is 9.81. The van der Waals surface area contributed by atoms with E-state index in [1.54, 1.807) is 6.92 Å². The number of aliphatic hydroxyl groups excluding tert-OH is 1. The lowest BCUT2D eigenvalue weighted by Crippen LogP contribution is -2.46. The lowest BCUT2D eigenvalue weighted by molar-refractivity contribution is 0.0985. The van der Waals surface area contributed by atoms with E-state index in [1.807, 2.05) is 30.3 Å². The molecule has 4 rings (SSSR count). The summed E-state index contributed by atoms with van der Waals surface area (Å²) in [5, 5.41) is 15.6. The van der Waals surface area contributed by atoms with E-state index in [2.05, 4.69) is 22.5 Å². The number of aromatic nitrogens is 2. The van der Waals surface area contributed by atoms with Crippen LogP contribution < -0.4 is 15.5 Å². The minimum absolute atomic E-state index is 0.0856. The van der Waals surface area contributed by atoms with Crippen LogP contribution in [0.4, 0.5) is 11.5 Å². The lowest BCUT2D eigenvalue weighted by atomic mass is 9.81. The Labute approximate surface area is 218 Å². The third-order valence-electron chi connectivity index (χ3n) is 7.00. The van der Waals surface area contributed by atoms with Crippen molar-refractivity contribution < 1.29 is 18.3 Å². The molecule has 1 atom stereocenters. The molecule has 0 unspecified atom stereocenters. The first kappa shape index (κ1) is 26.7. The standard InChI is InChI=1S/C25H35N5O4S2/c1-3-36(32,33)25(10-4-11-25)21-16-22(30-13-15-34-17-18(30)2)29-23(28-21)19-6-8-20(9-7-19)27-24(35)26-12-5-14-31/h6-9,16,18,31H,3-5,10-15,17H2,1-2H3,(H2,26,27,35)/t18-/m0/s1. The molecule has 1 saturated carbocycles. The first-order chi connectivity index (χ1) is 17.3. The smallest absolute Gasteiger partial charge is 0.170 e. The normalized spacial score (nSPS) is 19.4. The quantitative estimate of drug-likeness (QED) is 0.328. The van der Waals surface area contributed by atoms with Crippen LogP contribution in [0.25, 0.3) is 11.4 Å². The summed E-state index contributed by atoms with van der Waals surface area (Å²) in [4.78, 5) is 11.9. The lowest BCUT2D eigenvalue weighted by Gasteiger charge is -2.41. The number of thiocarbonyl (C=S) groups is 1. The van der Waals surface area contributed by atoms with Gasteiger partial charge < -0.3 is 25.4 Å². The van der Waals surface area contributed by atoms with E-state index in [0.717, 1.165) is 23.5 Å². The van der Waals surface area contributed by atoms with Gasteiger partial charge in [0, 0.05) is 42.8 Å². The summed E-state index contributed by atoms with van der Waals surface area (Å²) in [7, 11) is -3.35. The Morgan fingerprint density at radius 1 is 1.28 bits per heavy atom. The van der Waals surface area contributed by atoms with Gasteiger partial charge in [-0.25, -0.2) is 18.4 Å². The molecule has 2 heterocycles. The summed E-state index contributed by atoms with van der Waals surface area (Å²) < 4.78 is 31.1. The van der Waals surface area contributed by atoms with Crippen molar-refractivity contribution in [1.29, 1.82) is 0 Å². The molecule has 0 amide bonds. The first-order valence-corrected chi connectivity index (χ1v) is 14.6. The van der Waals surface area contributed by atoms with E-state index in [9.17, 15) is 8.42 Å². The van der Waals surface area contributed by atoms with Crippen molar-refractivity contribution in [2.75, 3.05) is 48.9 Å². The number of rotatable bonds is 9. The van der Waals surface area contributed by atoms with Crippen LogP contribution in [0.2, 0.25) is 0 Å². The highest BCUT2D eigenvalue weighted by molar-refractivity contribution is 7.92. The highest BCUT2D eigenvalue weighted by atomic mass is 32.2. The third kappa shape index (κ3) is 5.49. The number of morpholine rings is 1. The van der Waals surface area contributed by atoms with Gasteiger partial charge in [0.05, 0.1) is 24.9 Å². The Hall–Kier alpha value is -2.34. The zero-order chi connectivity index (χ0) is 25.8. The molecule has 196 valence electrons. The summed E-state index contributed by atoms with van der Waals surface area (Å²) in [6.07, 6.45) is 2.66. The van der Waals surface area contributed by atoms with Crippen LogP contribution in [-0.4, -0.2) is 73.3 Å². The summed E-state index contributed by atoms with van der Waals surface area (Å²) in [5.74, 6) is 1.33. The maximum absolute atomic E-state index is 13.2. The number of anilines is 2. The zero-order valence-electron chi connectivity index (χ0n) is 20.9. The number of hydrogen-bond donors (Lipinski definition) is 3. The van der Waals surface area contributed by atoms with Gasteiger partial charge in [-0.15, -0.1) is 0 Å². The molecule has 1 aromatic heterocycles. The molecule has 36 heavy (non-hydrogen) atoms. The zero-order valence-corrected chi connectivity index (χ0v) is 22.5. The Morgan fingerprint density at radius 2 is 2.03 bits per heavy atom. The number of hydrogen-bond acceptors (Lipinski definition) is 8. The van der Waals surface area contributed by atoms with Crippen molar-refractivity contribution in [3.05, 3.63) is 36.0 Å². The summed E-state index contributed by atoms with van der Waals surface area (Å²) in [5.41, 5.74) is 2.19. The van der Waals surface area contributed by atoms with Gasteiger partial charge in [0.2, 0.25) is 0 Å². The fourth-order valence-electron chi connectivity index (χ4n) is 4.67. The average molecular weight is 534 g/mol. The number of nitrogens with one attached hydrogen (secondary N) is 2. The fourth-order valence-corrected chi connectivity index (χ4v) is 6.78. The summed E-state index contributed by atoms with van der Waals surface area (Å²) in [6.45, 7) is 6.37. The van der Waals surface area contributed by atoms with E-state index in [1.165, 1.54) is 0 Å². The number of ether oxygens (including phenoxy) is 1. The molecule has 1 aromatic carbocycles. The predicted molar refractivity (Wildman–Crippen MR) is 146 cm³/mol. The van der Waals surface area contributed by atoms with Crippen LogP contribution in [0.15, 0.2) is 30.3 Å². The molecule has 2 aromatic rings. The molecule has 0 spiro atoms. The largest absolute Gasteiger partial charge is 0.396 e. The second kappa shape index (κ2) is 11.4. The number of sulfone groups is 1. The van der Waals surface area contributed by atoms with Crippen molar-refractivity contribution in [3.63, 3.8) is 0 Å². The fraction of sp³-hybridized carbons (Fsp3) is 0.560. The highest BCUT2D eigenvalue weighted by Crippen LogP contribution is 2.48. The van der Waals surface area contributed by atoms with E-state index < -0.39 is 14.6 Å². The van der Waals surface area contributed by atoms with Crippen LogP contribution >= 0.6 is 12.2 Å². The van der Waals surface area contributed by atoms with Gasteiger partial charge in [0.1, 0.15) is 10.6 Å². The van der Waals surface area contributed by atoms with Gasteiger partial charge in [-0.05, 0) is 69.1 Å². The van der Waals surface area contributed by atoms with Gasteiger partial charge >= 0.3 is 0 Å². The Balaban J connectivity index is 1.68. The van der Waals surface area contributed by atoms with Crippen LogP contribution in [0.3, 0.4) is 0 Å². The number of nitrogens with zero attached hydrogens (tertiary/aromatic N) is 3. The molecule has 0 bridgehead atoms. The molecule has 1 aliphatic carbocycles. The molecule has 2 aliphatic rings. The van der Waals surface area contributed by atoms with Crippen molar-refractivity contribution >= 4 is 38.7 Å². The van der Waals surface area contributed by atoms with Crippen LogP contribution in [0.5, 0.6) is 0 Å². The highest BCUT2D eigenvalue weighted by Gasteiger charge is 2.51. The van der Waals surface area contributed by atoms with Crippen LogP contribution in [-0.2, 0) is 19.3 Å². The van der Waals surface area contributed by atoms with Gasteiger partial charge in [-0.2, -0.15) is 0 Å². The second-order valence-electron chi connectivity index (χ2n) is 9.34. The van der Waals surface area contributed by atoms with Crippen LogP contribution in [0, 0.1) is 0 Å². The molecule has 1 saturated heterocycles. The van der Waals surface area contributed by atoms with Crippen molar-refractivity contribution in [3.8, 4) is 11.4 Å². The van der Waals surface area contributed by atoms with Crippen LogP contribution in [0.1, 0.15) is 45.2 Å². The topological polar surface area (TPSA) is 117 Å². The monoisotopic (exact) mass is 533 g/mol. The summed E-state index contributed by atoms with van der Waals surface area (Å²) >= 11 is 5.30. The van der Waals surface area contributed by atoms with Crippen molar-refractivity contribution in [2.45, 2.75) is 50.3 Å². The second-order valence-corrected chi connectivity index (χ2v) is 12.3.